The van der Waals surface area contributed by atoms with E-state index in [-0.39, 0.29) is 11.9 Å². The van der Waals surface area contributed by atoms with Crippen molar-refractivity contribution >= 4 is 5.91 Å². The Kier molecular flexibility index (Phi) is 4.14. The summed E-state index contributed by atoms with van der Waals surface area (Å²) in [5.74, 6) is 1.24. The molecular formula is C12H24N2O. The molecule has 3 heteroatoms. The zero-order valence-corrected chi connectivity index (χ0v) is 10.4. The molecule has 0 bridgehead atoms. The van der Waals surface area contributed by atoms with E-state index in [9.17, 15) is 4.79 Å². The number of amides is 1. The second kappa shape index (κ2) is 4.97. The lowest BCUT2D eigenvalue weighted by atomic mass is 10.0. The number of carbonyl (C=O) groups is 1. The van der Waals surface area contributed by atoms with Crippen molar-refractivity contribution in [1.82, 2.24) is 4.90 Å². The summed E-state index contributed by atoms with van der Waals surface area (Å²) < 4.78 is 0. The molecule has 0 spiro atoms. The van der Waals surface area contributed by atoms with E-state index in [4.69, 9.17) is 5.73 Å². The third-order valence-corrected chi connectivity index (χ3v) is 3.47. The first-order valence-corrected chi connectivity index (χ1v) is 5.99. The fourth-order valence-corrected chi connectivity index (χ4v) is 2.23. The van der Waals surface area contributed by atoms with E-state index < -0.39 is 0 Å². The van der Waals surface area contributed by atoms with Crippen LogP contribution >= 0.6 is 0 Å². The Hall–Kier alpha value is -0.570. The zero-order chi connectivity index (χ0) is 11.6. The van der Waals surface area contributed by atoms with Crippen LogP contribution in [0.5, 0.6) is 0 Å². The van der Waals surface area contributed by atoms with E-state index in [0.717, 1.165) is 19.4 Å². The van der Waals surface area contributed by atoms with Gasteiger partial charge in [-0.3, -0.25) is 4.79 Å². The lowest BCUT2D eigenvalue weighted by Gasteiger charge is -2.27. The standard InChI is InChI=1S/C12H24N2O/c1-8(2)7-11(13)12(15)14-6-5-9(3)10(14)4/h8-11H,5-7,13H2,1-4H3/t9?,10?,11-/m0/s1. The second-order valence-corrected chi connectivity index (χ2v) is 5.27. The molecule has 1 heterocycles. The van der Waals surface area contributed by atoms with Gasteiger partial charge in [0.15, 0.2) is 0 Å². The van der Waals surface area contributed by atoms with Crippen molar-refractivity contribution in [2.75, 3.05) is 6.54 Å². The van der Waals surface area contributed by atoms with Gasteiger partial charge in [-0.2, -0.15) is 0 Å². The van der Waals surface area contributed by atoms with Crippen LogP contribution < -0.4 is 5.73 Å². The van der Waals surface area contributed by atoms with Gasteiger partial charge in [-0.15, -0.1) is 0 Å². The highest BCUT2D eigenvalue weighted by Gasteiger charge is 2.33. The Morgan fingerprint density at radius 2 is 2.07 bits per heavy atom. The minimum atomic E-state index is -0.308. The second-order valence-electron chi connectivity index (χ2n) is 5.27. The molecule has 3 atom stereocenters. The number of carbonyl (C=O) groups excluding carboxylic acids is 1. The highest BCUT2D eigenvalue weighted by Crippen LogP contribution is 2.24. The normalized spacial score (nSPS) is 28.5. The molecule has 2 unspecified atom stereocenters. The average Bonchev–Trinajstić information content (AvgIpc) is 2.45. The van der Waals surface area contributed by atoms with Crippen LogP contribution in [0.25, 0.3) is 0 Å². The third-order valence-electron chi connectivity index (χ3n) is 3.47. The van der Waals surface area contributed by atoms with Crippen LogP contribution in [0.15, 0.2) is 0 Å². The summed E-state index contributed by atoms with van der Waals surface area (Å²) in [6.45, 7) is 9.41. The van der Waals surface area contributed by atoms with Crippen LogP contribution in [-0.4, -0.2) is 29.4 Å². The summed E-state index contributed by atoms with van der Waals surface area (Å²) >= 11 is 0. The molecule has 1 saturated heterocycles. The third kappa shape index (κ3) is 2.94. The van der Waals surface area contributed by atoms with Gasteiger partial charge in [-0.05, 0) is 31.6 Å². The highest BCUT2D eigenvalue weighted by molar-refractivity contribution is 5.82. The highest BCUT2D eigenvalue weighted by atomic mass is 16.2. The van der Waals surface area contributed by atoms with E-state index in [1.54, 1.807) is 0 Å². The van der Waals surface area contributed by atoms with Crippen molar-refractivity contribution in [2.45, 2.75) is 52.6 Å². The lowest BCUT2D eigenvalue weighted by Crippen LogP contribution is -2.46. The van der Waals surface area contributed by atoms with Crippen LogP contribution in [0.2, 0.25) is 0 Å². The van der Waals surface area contributed by atoms with Gasteiger partial charge < -0.3 is 10.6 Å². The molecule has 0 saturated carbocycles. The molecule has 0 radical (unpaired) electrons. The van der Waals surface area contributed by atoms with Crippen LogP contribution in [0.4, 0.5) is 0 Å². The largest absolute Gasteiger partial charge is 0.338 e. The quantitative estimate of drug-likeness (QED) is 0.772. The van der Waals surface area contributed by atoms with E-state index in [0.29, 0.717) is 17.9 Å². The van der Waals surface area contributed by atoms with Crippen LogP contribution in [0.3, 0.4) is 0 Å². The SMILES string of the molecule is CC(C)C[C@H](N)C(=O)N1CCC(C)C1C. The first kappa shape index (κ1) is 12.5. The molecule has 1 aliphatic rings. The monoisotopic (exact) mass is 212 g/mol. The number of likely N-dealkylation sites (tertiary alicyclic amines) is 1. The molecule has 3 nitrogen and oxygen atoms in total. The minimum absolute atomic E-state index is 0.139. The molecular weight excluding hydrogens is 188 g/mol. The number of nitrogens with two attached hydrogens (primary N) is 1. The average molecular weight is 212 g/mol. The van der Waals surface area contributed by atoms with Gasteiger partial charge in [0, 0.05) is 12.6 Å². The summed E-state index contributed by atoms with van der Waals surface area (Å²) in [6, 6.07) is 0.0495. The predicted octanol–water partition coefficient (Wildman–Crippen LogP) is 1.62. The van der Waals surface area contributed by atoms with Crippen molar-refractivity contribution in [2.24, 2.45) is 17.6 Å². The molecule has 88 valence electrons. The van der Waals surface area contributed by atoms with Gasteiger partial charge in [-0.1, -0.05) is 20.8 Å². The first-order valence-electron chi connectivity index (χ1n) is 5.99. The Labute approximate surface area is 93.0 Å². The first-order chi connectivity index (χ1) is 6.93. The van der Waals surface area contributed by atoms with Crippen LogP contribution in [0, 0.1) is 11.8 Å². The molecule has 0 aliphatic carbocycles. The Bertz CT molecular complexity index is 228. The van der Waals surface area contributed by atoms with Gasteiger partial charge in [0.2, 0.25) is 5.91 Å². The molecule has 1 amide bonds. The van der Waals surface area contributed by atoms with Gasteiger partial charge in [0.1, 0.15) is 0 Å². The van der Waals surface area contributed by atoms with Crippen molar-refractivity contribution in [1.29, 1.82) is 0 Å². The Morgan fingerprint density at radius 1 is 1.47 bits per heavy atom. The molecule has 2 N–H and O–H groups in total. The summed E-state index contributed by atoms with van der Waals surface area (Å²) in [5.41, 5.74) is 5.91. The molecule has 1 aliphatic heterocycles. The minimum Gasteiger partial charge on any atom is -0.338 e. The number of nitrogens with zero attached hydrogens (tertiary/aromatic N) is 1. The van der Waals surface area contributed by atoms with Crippen molar-refractivity contribution < 1.29 is 4.79 Å². The van der Waals surface area contributed by atoms with Crippen LogP contribution in [0.1, 0.15) is 40.5 Å². The van der Waals surface area contributed by atoms with Gasteiger partial charge in [0.05, 0.1) is 6.04 Å². The fraction of sp³-hybridized carbons (Fsp3) is 0.917. The fourth-order valence-electron chi connectivity index (χ4n) is 2.23. The molecule has 0 aromatic heterocycles. The number of rotatable bonds is 3. The summed E-state index contributed by atoms with van der Waals surface area (Å²) in [6.07, 6.45) is 1.90. The molecule has 0 aromatic rings. The van der Waals surface area contributed by atoms with Gasteiger partial charge in [-0.25, -0.2) is 0 Å². The van der Waals surface area contributed by atoms with E-state index in [1.165, 1.54) is 0 Å². The zero-order valence-electron chi connectivity index (χ0n) is 10.4. The predicted molar refractivity (Wildman–Crippen MR) is 62.4 cm³/mol. The van der Waals surface area contributed by atoms with Crippen molar-refractivity contribution in [3.05, 3.63) is 0 Å². The van der Waals surface area contributed by atoms with E-state index in [1.807, 2.05) is 4.90 Å². The molecule has 0 aromatic carbocycles. The topological polar surface area (TPSA) is 46.3 Å². The maximum atomic E-state index is 12.0. The number of hydrogen-bond acceptors (Lipinski definition) is 2. The van der Waals surface area contributed by atoms with Crippen molar-refractivity contribution in [3.63, 3.8) is 0 Å². The maximum absolute atomic E-state index is 12.0. The molecule has 15 heavy (non-hydrogen) atoms. The maximum Gasteiger partial charge on any atom is 0.239 e. The number of hydrogen-bond donors (Lipinski definition) is 1. The smallest absolute Gasteiger partial charge is 0.239 e. The van der Waals surface area contributed by atoms with E-state index in [2.05, 4.69) is 27.7 Å². The van der Waals surface area contributed by atoms with Gasteiger partial charge >= 0.3 is 0 Å². The van der Waals surface area contributed by atoms with Gasteiger partial charge in [0.25, 0.3) is 0 Å². The Morgan fingerprint density at radius 3 is 2.47 bits per heavy atom. The summed E-state index contributed by atoms with van der Waals surface area (Å²) in [4.78, 5) is 14.0. The molecule has 1 rings (SSSR count). The van der Waals surface area contributed by atoms with Crippen molar-refractivity contribution in [3.8, 4) is 0 Å². The molecule has 1 fully saturated rings. The summed E-state index contributed by atoms with van der Waals surface area (Å²) in [5, 5.41) is 0. The Balaban J connectivity index is 2.53. The lowest BCUT2D eigenvalue weighted by molar-refractivity contribution is -0.133. The van der Waals surface area contributed by atoms with Crippen LogP contribution in [-0.2, 0) is 4.79 Å². The van der Waals surface area contributed by atoms with E-state index >= 15 is 0 Å². The summed E-state index contributed by atoms with van der Waals surface area (Å²) in [7, 11) is 0.